The fraction of sp³-hybridized carbons (Fsp3) is 0.391. The van der Waals surface area contributed by atoms with E-state index in [2.05, 4.69) is 9.97 Å². The Balaban J connectivity index is 1.98. The second-order valence-electron chi connectivity index (χ2n) is 7.65. The number of thioether (sulfide) groups is 1. The number of aromatic amines is 1. The highest BCUT2D eigenvalue weighted by Crippen LogP contribution is 2.29. The summed E-state index contributed by atoms with van der Waals surface area (Å²) in [5.41, 5.74) is 2.41. The molecule has 0 spiro atoms. The molecule has 8 heteroatoms. The van der Waals surface area contributed by atoms with Crippen LogP contribution in [0.1, 0.15) is 65.8 Å². The number of carbonyl (C=O) groups excluding carboxylic acids is 2. The molecule has 2 aromatic heterocycles. The molecule has 31 heavy (non-hydrogen) atoms. The minimum atomic E-state index is -0.523. The van der Waals surface area contributed by atoms with E-state index >= 15 is 0 Å². The summed E-state index contributed by atoms with van der Waals surface area (Å²) in [5.74, 6) is -0.614. The third-order valence-corrected chi connectivity index (χ3v) is 6.17. The molecule has 0 aliphatic heterocycles. The third-order valence-electron chi connectivity index (χ3n) is 5.11. The molecular weight excluding hydrogens is 414 g/mol. The van der Waals surface area contributed by atoms with Crippen LogP contribution in [0.5, 0.6) is 0 Å². The zero-order chi connectivity index (χ0) is 22.9. The van der Waals surface area contributed by atoms with Crippen molar-refractivity contribution in [2.75, 3.05) is 6.61 Å². The number of nitrogens with zero attached hydrogens (tertiary/aromatic N) is 2. The Morgan fingerprint density at radius 2 is 1.87 bits per heavy atom. The topological polar surface area (TPSA) is 94.1 Å². The lowest BCUT2D eigenvalue weighted by Gasteiger charge is -2.18. The summed E-state index contributed by atoms with van der Waals surface area (Å²) in [6, 6.07) is 7.09. The van der Waals surface area contributed by atoms with Gasteiger partial charge in [-0.25, -0.2) is 9.78 Å². The number of rotatable bonds is 7. The van der Waals surface area contributed by atoms with Crippen molar-refractivity contribution < 1.29 is 14.3 Å². The Morgan fingerprint density at radius 1 is 1.19 bits per heavy atom. The summed E-state index contributed by atoms with van der Waals surface area (Å²) in [6.07, 6.45) is 0. The number of H-pyrrole nitrogens is 1. The Hall–Kier alpha value is -2.87. The van der Waals surface area contributed by atoms with Crippen LogP contribution in [0.25, 0.3) is 10.9 Å². The van der Waals surface area contributed by atoms with Gasteiger partial charge in [-0.2, -0.15) is 0 Å². The quantitative estimate of drug-likeness (QED) is 0.252. The minimum Gasteiger partial charge on any atom is -0.462 e. The fourth-order valence-corrected chi connectivity index (χ4v) is 4.68. The van der Waals surface area contributed by atoms with Crippen LogP contribution >= 0.6 is 11.8 Å². The second-order valence-corrected chi connectivity index (χ2v) is 8.96. The molecule has 2 heterocycles. The largest absolute Gasteiger partial charge is 0.462 e. The molecule has 7 nitrogen and oxygen atoms in total. The van der Waals surface area contributed by atoms with Crippen molar-refractivity contribution in [2.24, 2.45) is 0 Å². The standard InChI is InChI=1S/C23H27N3O4S/c1-7-30-22(29)18-13(4)19(24-14(18)5)20(27)15(6)31-23-25-17-11-9-8-10-16(17)21(28)26(23)12(2)3/h8-12,15,24H,7H2,1-6H3. The van der Waals surface area contributed by atoms with E-state index in [0.717, 1.165) is 0 Å². The lowest BCUT2D eigenvalue weighted by molar-refractivity contribution is 0.0525. The number of ketones is 1. The normalized spacial score (nSPS) is 12.4. The number of para-hydroxylation sites is 1. The smallest absolute Gasteiger partial charge is 0.340 e. The van der Waals surface area contributed by atoms with Gasteiger partial charge in [-0.1, -0.05) is 23.9 Å². The van der Waals surface area contributed by atoms with Gasteiger partial charge in [0.15, 0.2) is 10.9 Å². The molecule has 1 atom stereocenters. The average molecular weight is 442 g/mol. The molecule has 0 aliphatic carbocycles. The van der Waals surface area contributed by atoms with Gasteiger partial charge in [0.25, 0.3) is 5.56 Å². The molecule has 1 unspecified atom stereocenters. The average Bonchev–Trinajstić information content (AvgIpc) is 3.01. The molecule has 1 aromatic carbocycles. The molecular formula is C23H27N3O4S. The van der Waals surface area contributed by atoms with Crippen molar-refractivity contribution in [3.05, 3.63) is 57.1 Å². The van der Waals surface area contributed by atoms with Crippen LogP contribution in [-0.2, 0) is 4.74 Å². The fourth-order valence-electron chi connectivity index (χ4n) is 3.58. The predicted octanol–water partition coefficient (Wildman–Crippen LogP) is 4.46. The summed E-state index contributed by atoms with van der Waals surface area (Å²) in [7, 11) is 0. The van der Waals surface area contributed by atoms with Crippen LogP contribution in [0.15, 0.2) is 34.2 Å². The van der Waals surface area contributed by atoms with Crippen LogP contribution < -0.4 is 5.56 Å². The van der Waals surface area contributed by atoms with E-state index in [-0.39, 0.29) is 24.0 Å². The number of nitrogens with one attached hydrogen (secondary N) is 1. The predicted molar refractivity (Wildman–Crippen MR) is 122 cm³/mol. The maximum atomic E-state index is 13.2. The van der Waals surface area contributed by atoms with Gasteiger partial charge in [-0.15, -0.1) is 0 Å². The molecule has 0 fully saturated rings. The zero-order valence-corrected chi connectivity index (χ0v) is 19.4. The first-order chi connectivity index (χ1) is 14.7. The van der Waals surface area contributed by atoms with E-state index in [0.29, 0.717) is 38.6 Å². The van der Waals surface area contributed by atoms with E-state index in [1.54, 1.807) is 44.4 Å². The van der Waals surface area contributed by atoms with Crippen molar-refractivity contribution >= 4 is 34.4 Å². The number of Topliss-reactive ketones (excluding diaryl/α,β-unsaturated/α-hetero) is 1. The van der Waals surface area contributed by atoms with Crippen molar-refractivity contribution in [1.82, 2.24) is 14.5 Å². The van der Waals surface area contributed by atoms with Crippen LogP contribution in [0.4, 0.5) is 0 Å². The zero-order valence-electron chi connectivity index (χ0n) is 18.6. The first kappa shape index (κ1) is 22.8. The van der Waals surface area contributed by atoms with Gasteiger partial charge in [-0.05, 0) is 59.2 Å². The van der Waals surface area contributed by atoms with Crippen molar-refractivity contribution in [3.63, 3.8) is 0 Å². The lowest BCUT2D eigenvalue weighted by Crippen LogP contribution is -2.26. The van der Waals surface area contributed by atoms with Gasteiger partial charge in [0.05, 0.1) is 34.0 Å². The number of ether oxygens (including phenoxy) is 1. The van der Waals surface area contributed by atoms with E-state index in [1.165, 1.54) is 11.8 Å². The van der Waals surface area contributed by atoms with E-state index < -0.39 is 11.2 Å². The molecule has 0 saturated heterocycles. The number of benzene rings is 1. The Kier molecular flexibility index (Phi) is 6.69. The summed E-state index contributed by atoms with van der Waals surface area (Å²) in [6.45, 7) is 11.1. The van der Waals surface area contributed by atoms with Gasteiger partial charge in [0.2, 0.25) is 0 Å². The molecule has 0 amide bonds. The van der Waals surface area contributed by atoms with Crippen molar-refractivity contribution in [1.29, 1.82) is 0 Å². The molecule has 0 radical (unpaired) electrons. The Morgan fingerprint density at radius 3 is 2.52 bits per heavy atom. The highest BCUT2D eigenvalue weighted by Gasteiger charge is 2.27. The van der Waals surface area contributed by atoms with Gasteiger partial charge < -0.3 is 9.72 Å². The highest BCUT2D eigenvalue weighted by atomic mass is 32.2. The van der Waals surface area contributed by atoms with Crippen molar-refractivity contribution in [3.8, 4) is 0 Å². The number of hydrogen-bond donors (Lipinski definition) is 1. The summed E-state index contributed by atoms with van der Waals surface area (Å²) in [5, 5.41) is 0.519. The number of esters is 1. The lowest BCUT2D eigenvalue weighted by atomic mass is 10.1. The SMILES string of the molecule is CCOC(=O)c1c(C)[nH]c(C(=O)C(C)Sc2nc3ccccc3c(=O)n2C(C)C)c1C. The molecule has 3 rings (SSSR count). The third kappa shape index (κ3) is 4.30. The molecule has 1 N–H and O–H groups in total. The second kappa shape index (κ2) is 9.09. The van der Waals surface area contributed by atoms with Gasteiger partial charge >= 0.3 is 5.97 Å². The van der Waals surface area contributed by atoms with Crippen LogP contribution in [0.3, 0.4) is 0 Å². The highest BCUT2D eigenvalue weighted by molar-refractivity contribution is 8.00. The monoisotopic (exact) mass is 441 g/mol. The number of fused-ring (bicyclic) bond motifs is 1. The van der Waals surface area contributed by atoms with E-state index in [9.17, 15) is 14.4 Å². The van der Waals surface area contributed by atoms with Gasteiger partial charge in [0.1, 0.15) is 0 Å². The maximum Gasteiger partial charge on any atom is 0.340 e. The number of hydrogen-bond acceptors (Lipinski definition) is 6. The van der Waals surface area contributed by atoms with Gasteiger partial charge in [-0.3, -0.25) is 14.2 Å². The van der Waals surface area contributed by atoms with Crippen LogP contribution in [0.2, 0.25) is 0 Å². The first-order valence-corrected chi connectivity index (χ1v) is 11.1. The molecule has 164 valence electrons. The first-order valence-electron chi connectivity index (χ1n) is 10.3. The maximum absolute atomic E-state index is 13.2. The summed E-state index contributed by atoms with van der Waals surface area (Å²) in [4.78, 5) is 46.2. The molecule has 0 aliphatic rings. The Bertz CT molecular complexity index is 1210. The van der Waals surface area contributed by atoms with Crippen molar-refractivity contribution in [2.45, 2.75) is 58.0 Å². The summed E-state index contributed by atoms with van der Waals surface area (Å²) >= 11 is 1.24. The molecule has 0 bridgehead atoms. The Labute approximate surface area is 185 Å². The molecule has 3 aromatic rings. The van der Waals surface area contributed by atoms with Crippen LogP contribution in [0, 0.1) is 13.8 Å². The number of carbonyl (C=O) groups is 2. The number of aromatic nitrogens is 3. The number of aryl methyl sites for hydroxylation is 1. The molecule has 0 saturated carbocycles. The van der Waals surface area contributed by atoms with E-state index in [1.807, 2.05) is 26.0 Å². The summed E-state index contributed by atoms with van der Waals surface area (Å²) < 4.78 is 6.73. The minimum absolute atomic E-state index is 0.112. The van der Waals surface area contributed by atoms with Crippen LogP contribution in [-0.4, -0.2) is 38.1 Å². The van der Waals surface area contributed by atoms with E-state index in [4.69, 9.17) is 4.74 Å². The van der Waals surface area contributed by atoms with Gasteiger partial charge in [0, 0.05) is 11.7 Å².